The first-order chi connectivity index (χ1) is 9.94. The van der Waals surface area contributed by atoms with Crippen LogP contribution in [0.4, 0.5) is 0 Å². The van der Waals surface area contributed by atoms with Crippen molar-refractivity contribution in [1.82, 2.24) is 5.32 Å². The molecule has 1 aromatic heterocycles. The van der Waals surface area contributed by atoms with Gasteiger partial charge in [0.15, 0.2) is 0 Å². The maximum absolute atomic E-state index is 6.02. The summed E-state index contributed by atoms with van der Waals surface area (Å²) < 4.78 is 0.883. The largest absolute Gasteiger partial charge is 0.311 e. The molecule has 0 aliphatic rings. The van der Waals surface area contributed by atoms with Gasteiger partial charge in [-0.25, -0.2) is 0 Å². The van der Waals surface area contributed by atoms with Crippen molar-refractivity contribution in [2.45, 2.75) is 45.1 Å². The Morgan fingerprint density at radius 1 is 1.10 bits per heavy atom. The fraction of sp³-hybridized carbons (Fsp3) is 0.444. The van der Waals surface area contributed by atoms with E-state index in [1.165, 1.54) is 10.4 Å². The van der Waals surface area contributed by atoms with E-state index in [1.54, 1.807) is 11.3 Å². The van der Waals surface area contributed by atoms with Gasteiger partial charge in [0.25, 0.3) is 0 Å². The molecular formula is C18H24ClNS. The summed E-state index contributed by atoms with van der Waals surface area (Å²) in [5.74, 6) is 0.534. The van der Waals surface area contributed by atoms with Crippen LogP contribution in [-0.4, -0.2) is 12.1 Å². The van der Waals surface area contributed by atoms with Gasteiger partial charge in [-0.15, -0.1) is 11.3 Å². The summed E-state index contributed by atoms with van der Waals surface area (Å²) in [7, 11) is 0. The lowest BCUT2D eigenvalue weighted by Gasteiger charge is -2.25. The summed E-state index contributed by atoms with van der Waals surface area (Å²) in [4.78, 5) is 1.37. The Morgan fingerprint density at radius 2 is 1.81 bits per heavy atom. The molecule has 0 bridgehead atoms. The third-order valence-corrected chi connectivity index (χ3v) is 4.81. The van der Waals surface area contributed by atoms with Crippen molar-refractivity contribution in [3.63, 3.8) is 0 Å². The second-order valence-corrected chi connectivity index (χ2v) is 8.28. The molecule has 1 aromatic carbocycles. The Labute approximate surface area is 137 Å². The lowest BCUT2D eigenvalue weighted by atomic mass is 9.93. The van der Waals surface area contributed by atoms with E-state index in [0.717, 1.165) is 23.7 Å². The summed E-state index contributed by atoms with van der Waals surface area (Å²) in [6, 6.07) is 14.9. The first-order valence-electron chi connectivity index (χ1n) is 7.48. The SMILES string of the molecule is CC(C)(C)NCC(CCc1ccc(Cl)s1)c1ccccc1. The Balaban J connectivity index is 2.01. The molecule has 0 spiro atoms. The Morgan fingerprint density at radius 3 is 2.38 bits per heavy atom. The molecule has 1 N–H and O–H groups in total. The van der Waals surface area contributed by atoms with E-state index in [-0.39, 0.29) is 5.54 Å². The van der Waals surface area contributed by atoms with Crippen molar-refractivity contribution >= 4 is 22.9 Å². The number of rotatable bonds is 6. The smallest absolute Gasteiger partial charge is 0.0931 e. The summed E-state index contributed by atoms with van der Waals surface area (Å²) in [5, 5.41) is 3.64. The van der Waals surface area contributed by atoms with Crippen molar-refractivity contribution in [3.05, 3.63) is 57.2 Å². The maximum Gasteiger partial charge on any atom is 0.0931 e. The zero-order chi connectivity index (χ0) is 15.3. The van der Waals surface area contributed by atoms with Crippen LogP contribution >= 0.6 is 22.9 Å². The van der Waals surface area contributed by atoms with E-state index < -0.39 is 0 Å². The van der Waals surface area contributed by atoms with Gasteiger partial charge in [0.1, 0.15) is 0 Å². The van der Waals surface area contributed by atoms with Gasteiger partial charge in [0, 0.05) is 17.0 Å². The third kappa shape index (κ3) is 5.82. The number of hydrogen-bond donors (Lipinski definition) is 1. The third-order valence-electron chi connectivity index (χ3n) is 3.52. The molecular weight excluding hydrogens is 298 g/mol. The fourth-order valence-corrected chi connectivity index (χ4v) is 3.45. The Bertz CT molecular complexity index is 542. The number of thiophene rings is 1. The van der Waals surface area contributed by atoms with E-state index >= 15 is 0 Å². The highest BCUT2D eigenvalue weighted by molar-refractivity contribution is 7.16. The van der Waals surface area contributed by atoms with Gasteiger partial charge in [0.05, 0.1) is 4.34 Å². The van der Waals surface area contributed by atoms with E-state index in [0.29, 0.717) is 5.92 Å². The number of benzene rings is 1. The molecule has 2 rings (SSSR count). The van der Waals surface area contributed by atoms with Crippen LogP contribution in [0.2, 0.25) is 4.34 Å². The van der Waals surface area contributed by atoms with Crippen LogP contribution in [0.1, 0.15) is 43.6 Å². The summed E-state index contributed by atoms with van der Waals surface area (Å²) >= 11 is 7.71. The molecule has 0 amide bonds. The van der Waals surface area contributed by atoms with Crippen LogP contribution < -0.4 is 5.32 Å². The standard InChI is InChI=1S/C18H24ClNS/c1-18(2,3)20-13-15(14-7-5-4-6-8-14)9-10-16-11-12-17(19)21-16/h4-8,11-12,15,20H,9-10,13H2,1-3H3. The molecule has 114 valence electrons. The highest BCUT2D eigenvalue weighted by Gasteiger charge is 2.16. The number of halogens is 1. The molecule has 0 aliphatic carbocycles. The van der Waals surface area contributed by atoms with Crippen molar-refractivity contribution in [3.8, 4) is 0 Å². The summed E-state index contributed by atoms with van der Waals surface area (Å²) in [5.41, 5.74) is 1.57. The summed E-state index contributed by atoms with van der Waals surface area (Å²) in [6.45, 7) is 7.66. The minimum Gasteiger partial charge on any atom is -0.311 e. The topological polar surface area (TPSA) is 12.0 Å². The molecule has 21 heavy (non-hydrogen) atoms. The number of hydrogen-bond acceptors (Lipinski definition) is 2. The first kappa shape index (κ1) is 16.5. The van der Waals surface area contributed by atoms with Crippen molar-refractivity contribution < 1.29 is 0 Å². The second kappa shape index (κ2) is 7.44. The predicted molar refractivity (Wildman–Crippen MR) is 94.6 cm³/mol. The lowest BCUT2D eigenvalue weighted by Crippen LogP contribution is -2.38. The van der Waals surface area contributed by atoms with E-state index in [1.807, 2.05) is 6.07 Å². The van der Waals surface area contributed by atoms with Crippen LogP contribution in [0, 0.1) is 0 Å². The van der Waals surface area contributed by atoms with Gasteiger partial charge in [-0.1, -0.05) is 41.9 Å². The monoisotopic (exact) mass is 321 g/mol. The van der Waals surface area contributed by atoms with Gasteiger partial charge < -0.3 is 5.32 Å². The second-order valence-electron chi connectivity index (χ2n) is 6.48. The molecule has 0 saturated heterocycles. The fourth-order valence-electron chi connectivity index (χ4n) is 2.34. The molecule has 1 unspecified atom stereocenters. The quantitative estimate of drug-likeness (QED) is 0.740. The highest BCUT2D eigenvalue weighted by atomic mass is 35.5. The van der Waals surface area contributed by atoms with E-state index in [2.05, 4.69) is 62.5 Å². The minimum absolute atomic E-state index is 0.152. The van der Waals surface area contributed by atoms with Crippen LogP contribution in [0.5, 0.6) is 0 Å². The molecule has 2 aromatic rings. The molecule has 0 saturated carbocycles. The zero-order valence-electron chi connectivity index (χ0n) is 13.0. The van der Waals surface area contributed by atoms with Crippen LogP contribution in [-0.2, 0) is 6.42 Å². The van der Waals surface area contributed by atoms with Crippen molar-refractivity contribution in [2.24, 2.45) is 0 Å². The molecule has 3 heteroatoms. The van der Waals surface area contributed by atoms with Gasteiger partial charge in [-0.2, -0.15) is 0 Å². The van der Waals surface area contributed by atoms with Crippen LogP contribution in [0.15, 0.2) is 42.5 Å². The maximum atomic E-state index is 6.02. The first-order valence-corrected chi connectivity index (χ1v) is 8.68. The van der Waals surface area contributed by atoms with Gasteiger partial charge in [0.2, 0.25) is 0 Å². The molecule has 0 radical (unpaired) electrons. The minimum atomic E-state index is 0.152. The molecule has 1 atom stereocenters. The van der Waals surface area contributed by atoms with Gasteiger partial charge in [-0.3, -0.25) is 0 Å². The average molecular weight is 322 g/mol. The predicted octanol–water partition coefficient (Wildman–Crippen LogP) is 5.51. The molecule has 1 nitrogen and oxygen atoms in total. The molecule has 0 fully saturated rings. The Hall–Kier alpha value is -0.830. The van der Waals surface area contributed by atoms with Crippen molar-refractivity contribution in [1.29, 1.82) is 0 Å². The number of nitrogens with one attached hydrogen (secondary N) is 1. The highest BCUT2D eigenvalue weighted by Crippen LogP contribution is 2.27. The molecule has 0 aliphatic heterocycles. The van der Waals surface area contributed by atoms with Crippen LogP contribution in [0.25, 0.3) is 0 Å². The van der Waals surface area contributed by atoms with Crippen molar-refractivity contribution in [2.75, 3.05) is 6.54 Å². The van der Waals surface area contributed by atoms with Crippen LogP contribution in [0.3, 0.4) is 0 Å². The zero-order valence-corrected chi connectivity index (χ0v) is 14.6. The van der Waals surface area contributed by atoms with E-state index in [9.17, 15) is 0 Å². The Kier molecular flexibility index (Phi) is 5.86. The number of aryl methyl sites for hydroxylation is 1. The van der Waals surface area contributed by atoms with Gasteiger partial charge in [-0.05, 0) is 57.2 Å². The van der Waals surface area contributed by atoms with Gasteiger partial charge >= 0.3 is 0 Å². The lowest BCUT2D eigenvalue weighted by molar-refractivity contribution is 0.399. The summed E-state index contributed by atoms with van der Waals surface area (Å²) in [6.07, 6.45) is 2.23. The molecule has 1 heterocycles. The average Bonchev–Trinajstić information content (AvgIpc) is 2.84. The normalized spacial score (nSPS) is 13.3. The van der Waals surface area contributed by atoms with E-state index in [4.69, 9.17) is 11.6 Å².